The van der Waals surface area contributed by atoms with Crippen molar-refractivity contribution in [3.05, 3.63) is 70.4 Å². The van der Waals surface area contributed by atoms with E-state index in [2.05, 4.69) is 10.6 Å². The van der Waals surface area contributed by atoms with Crippen LogP contribution in [-0.4, -0.2) is 17.6 Å². The van der Waals surface area contributed by atoms with Gasteiger partial charge in [-0.15, -0.1) is 0 Å². The summed E-state index contributed by atoms with van der Waals surface area (Å²) in [5.41, 5.74) is 2.01. The monoisotopic (exact) mass is 420 g/mol. The smallest absolute Gasteiger partial charge is 0.257 e. The van der Waals surface area contributed by atoms with Gasteiger partial charge in [0.15, 0.2) is 11.5 Å². The molecule has 2 aromatic carbocycles. The van der Waals surface area contributed by atoms with E-state index in [1.165, 1.54) is 11.3 Å². The Hall–Kier alpha value is -3.32. The number of amides is 2. The van der Waals surface area contributed by atoms with Gasteiger partial charge in [-0.05, 0) is 48.6 Å². The summed E-state index contributed by atoms with van der Waals surface area (Å²) >= 11 is 1.45. The zero-order chi connectivity index (χ0) is 20.6. The van der Waals surface area contributed by atoms with Crippen LogP contribution in [0.2, 0.25) is 0 Å². The van der Waals surface area contributed by atoms with Gasteiger partial charge in [0, 0.05) is 30.0 Å². The fraction of sp³-hybridized carbons (Fsp3) is 0.217. The van der Waals surface area contributed by atoms with Crippen LogP contribution in [0.25, 0.3) is 0 Å². The molecule has 0 unspecified atom stereocenters. The number of thiophene rings is 1. The van der Waals surface area contributed by atoms with E-state index in [0.29, 0.717) is 34.0 Å². The van der Waals surface area contributed by atoms with E-state index in [4.69, 9.17) is 9.47 Å². The first-order valence-electron chi connectivity index (χ1n) is 9.88. The Labute approximate surface area is 177 Å². The van der Waals surface area contributed by atoms with Crippen LogP contribution in [0.5, 0.6) is 11.5 Å². The van der Waals surface area contributed by atoms with Crippen molar-refractivity contribution in [3.63, 3.8) is 0 Å². The summed E-state index contributed by atoms with van der Waals surface area (Å²) in [6.07, 6.45) is 3.93. The number of carbonyl (C=O) groups is 2. The number of benzene rings is 2. The third-order valence-electron chi connectivity index (χ3n) is 5.36. The lowest BCUT2D eigenvalue weighted by Gasteiger charge is -2.21. The maximum Gasteiger partial charge on any atom is 0.257 e. The van der Waals surface area contributed by atoms with Gasteiger partial charge in [0.05, 0.1) is 16.8 Å². The Morgan fingerprint density at radius 1 is 0.900 bits per heavy atom. The minimum atomic E-state index is -0.538. The first-order valence-corrected chi connectivity index (χ1v) is 10.8. The SMILES string of the molecule is O=C(Nc1ccccc1C(=O)Nc1ccc2c(c1)OC1(CCCC1)O2)c1ccsc1. The molecule has 1 aliphatic heterocycles. The molecule has 2 N–H and O–H groups in total. The summed E-state index contributed by atoms with van der Waals surface area (Å²) < 4.78 is 12.1. The van der Waals surface area contributed by atoms with E-state index < -0.39 is 5.79 Å². The highest BCUT2D eigenvalue weighted by Gasteiger charge is 2.44. The Morgan fingerprint density at radius 3 is 2.50 bits per heavy atom. The van der Waals surface area contributed by atoms with Crippen LogP contribution in [0.15, 0.2) is 59.3 Å². The number of carbonyl (C=O) groups excluding carboxylic acids is 2. The largest absolute Gasteiger partial charge is 0.448 e. The van der Waals surface area contributed by atoms with E-state index in [1.54, 1.807) is 47.8 Å². The third-order valence-corrected chi connectivity index (χ3v) is 6.05. The van der Waals surface area contributed by atoms with Crippen molar-refractivity contribution in [1.82, 2.24) is 0 Å². The lowest BCUT2D eigenvalue weighted by Crippen LogP contribution is -2.34. The quantitative estimate of drug-likeness (QED) is 0.601. The van der Waals surface area contributed by atoms with Gasteiger partial charge in [0.1, 0.15) is 0 Å². The molecule has 5 rings (SSSR count). The van der Waals surface area contributed by atoms with Crippen LogP contribution in [0, 0.1) is 0 Å². The second kappa shape index (κ2) is 7.50. The number of fused-ring (bicyclic) bond motifs is 1. The molecule has 3 aromatic rings. The molecule has 0 atom stereocenters. The van der Waals surface area contributed by atoms with Gasteiger partial charge >= 0.3 is 0 Å². The topological polar surface area (TPSA) is 76.7 Å². The normalized spacial score (nSPS) is 15.9. The van der Waals surface area contributed by atoms with Crippen LogP contribution >= 0.6 is 11.3 Å². The number of hydrogen-bond acceptors (Lipinski definition) is 5. The van der Waals surface area contributed by atoms with Crippen molar-refractivity contribution < 1.29 is 19.1 Å². The standard InChI is InChI=1S/C23H20N2O4S/c26-21(15-9-12-30-14-15)25-18-6-2-1-5-17(18)22(27)24-16-7-8-19-20(13-16)29-23(28-19)10-3-4-11-23/h1-2,5-9,12-14H,3-4,10-11H2,(H,24,27)(H,25,26). The van der Waals surface area contributed by atoms with E-state index in [9.17, 15) is 9.59 Å². The molecule has 6 nitrogen and oxygen atoms in total. The molecule has 2 amide bonds. The van der Waals surface area contributed by atoms with E-state index in [1.807, 2.05) is 11.4 Å². The summed E-state index contributed by atoms with van der Waals surface area (Å²) in [6.45, 7) is 0. The van der Waals surface area contributed by atoms with Gasteiger partial charge in [-0.2, -0.15) is 11.3 Å². The van der Waals surface area contributed by atoms with Crippen molar-refractivity contribution in [2.24, 2.45) is 0 Å². The molecule has 1 fully saturated rings. The molecule has 1 saturated carbocycles. The van der Waals surface area contributed by atoms with Crippen molar-refractivity contribution in [2.45, 2.75) is 31.5 Å². The predicted octanol–water partition coefficient (Wildman–Crippen LogP) is 5.29. The average molecular weight is 420 g/mol. The lowest BCUT2D eigenvalue weighted by molar-refractivity contribution is -0.0716. The van der Waals surface area contributed by atoms with Crippen LogP contribution in [0.1, 0.15) is 46.4 Å². The maximum absolute atomic E-state index is 12.9. The second-order valence-corrected chi connectivity index (χ2v) is 8.23. The molecule has 0 saturated heterocycles. The van der Waals surface area contributed by atoms with Crippen molar-refractivity contribution in [3.8, 4) is 11.5 Å². The molecule has 1 spiro atoms. The van der Waals surface area contributed by atoms with Gasteiger partial charge in [0.2, 0.25) is 0 Å². The molecule has 0 radical (unpaired) electrons. The van der Waals surface area contributed by atoms with Crippen LogP contribution in [0.3, 0.4) is 0 Å². The van der Waals surface area contributed by atoms with E-state index >= 15 is 0 Å². The number of hydrogen-bond donors (Lipinski definition) is 2. The Kier molecular flexibility index (Phi) is 4.67. The fourth-order valence-electron chi connectivity index (χ4n) is 3.87. The molecular formula is C23H20N2O4S. The second-order valence-electron chi connectivity index (χ2n) is 7.45. The number of rotatable bonds is 4. The third kappa shape index (κ3) is 3.52. The fourth-order valence-corrected chi connectivity index (χ4v) is 4.50. The molecule has 30 heavy (non-hydrogen) atoms. The highest BCUT2D eigenvalue weighted by Crippen LogP contribution is 2.47. The van der Waals surface area contributed by atoms with E-state index in [0.717, 1.165) is 25.7 Å². The van der Waals surface area contributed by atoms with Crippen LogP contribution < -0.4 is 20.1 Å². The number of anilines is 2. The Bertz CT molecular complexity index is 1100. The number of nitrogens with one attached hydrogen (secondary N) is 2. The highest BCUT2D eigenvalue weighted by molar-refractivity contribution is 7.08. The molecule has 152 valence electrons. The molecule has 1 aromatic heterocycles. The highest BCUT2D eigenvalue weighted by atomic mass is 32.1. The molecular weight excluding hydrogens is 400 g/mol. The van der Waals surface area contributed by atoms with Gasteiger partial charge in [0.25, 0.3) is 17.6 Å². The van der Waals surface area contributed by atoms with Crippen molar-refractivity contribution in [1.29, 1.82) is 0 Å². The minimum Gasteiger partial charge on any atom is -0.448 e. The Morgan fingerprint density at radius 2 is 1.70 bits per heavy atom. The van der Waals surface area contributed by atoms with Gasteiger partial charge in [-0.3, -0.25) is 9.59 Å². The lowest BCUT2D eigenvalue weighted by atomic mass is 10.1. The molecule has 7 heteroatoms. The van der Waals surface area contributed by atoms with Gasteiger partial charge in [-0.1, -0.05) is 12.1 Å². The van der Waals surface area contributed by atoms with Crippen molar-refractivity contribution >= 4 is 34.5 Å². The molecule has 1 aliphatic carbocycles. The van der Waals surface area contributed by atoms with Crippen LogP contribution in [0.4, 0.5) is 11.4 Å². The minimum absolute atomic E-state index is 0.249. The summed E-state index contributed by atoms with van der Waals surface area (Å²) in [4.78, 5) is 25.3. The summed E-state index contributed by atoms with van der Waals surface area (Å²) in [7, 11) is 0. The number of ether oxygens (including phenoxy) is 2. The van der Waals surface area contributed by atoms with Crippen molar-refractivity contribution in [2.75, 3.05) is 10.6 Å². The summed E-state index contributed by atoms with van der Waals surface area (Å²) in [6, 6.07) is 14.1. The molecule has 0 bridgehead atoms. The maximum atomic E-state index is 12.9. The zero-order valence-corrected chi connectivity index (χ0v) is 17.0. The summed E-state index contributed by atoms with van der Waals surface area (Å²) in [5, 5.41) is 9.31. The first-order chi connectivity index (χ1) is 14.6. The Balaban J connectivity index is 1.33. The zero-order valence-electron chi connectivity index (χ0n) is 16.1. The van der Waals surface area contributed by atoms with Crippen LogP contribution in [-0.2, 0) is 0 Å². The van der Waals surface area contributed by atoms with Gasteiger partial charge in [-0.25, -0.2) is 0 Å². The van der Waals surface area contributed by atoms with E-state index in [-0.39, 0.29) is 11.8 Å². The average Bonchev–Trinajstić information content (AvgIpc) is 3.49. The first kappa shape index (κ1) is 18.7. The predicted molar refractivity (Wildman–Crippen MR) is 116 cm³/mol. The molecule has 2 heterocycles. The van der Waals surface area contributed by atoms with Gasteiger partial charge < -0.3 is 20.1 Å². The molecule has 2 aliphatic rings. The number of para-hydroxylation sites is 1. The summed E-state index contributed by atoms with van der Waals surface area (Å²) in [5.74, 6) is 0.253.